The van der Waals surface area contributed by atoms with Gasteiger partial charge in [-0.15, -0.1) is 15.3 Å². The molecule has 5 aromatic rings. The van der Waals surface area contributed by atoms with Crippen LogP contribution in [0.25, 0.3) is 22.5 Å². The predicted octanol–water partition coefficient (Wildman–Crippen LogP) is 1.93. The molecule has 0 fully saturated rings. The Morgan fingerprint density at radius 1 is 1.10 bits per heavy atom. The summed E-state index contributed by atoms with van der Waals surface area (Å²) < 4.78 is 24.0. The first-order valence-corrected chi connectivity index (χ1v) is 13.1. The molecule has 0 bridgehead atoms. The minimum atomic E-state index is -0.723. The van der Waals surface area contributed by atoms with Crippen LogP contribution in [0.3, 0.4) is 0 Å². The Hall–Kier alpha value is -5.53. The molecule has 0 saturated heterocycles. The topological polar surface area (TPSA) is 141 Å². The molecule has 0 unspecified atom stereocenters. The number of ether oxygens (including phenoxy) is 1. The second-order valence-corrected chi connectivity index (χ2v) is 10.1. The Bertz CT molecular complexity index is 2060. The maximum Gasteiger partial charge on any atom is 0.338 e. The molecule has 13 nitrogen and oxygen atoms in total. The number of hydrogen-bond acceptors (Lipinski definition) is 8. The lowest BCUT2D eigenvalue weighted by Crippen LogP contribution is -2.40. The highest BCUT2D eigenvalue weighted by molar-refractivity contribution is 5.91. The minimum Gasteiger partial charge on any atom is -0.480 e. The molecule has 2 N–H and O–H groups in total. The van der Waals surface area contributed by atoms with E-state index in [1.54, 1.807) is 28.9 Å². The number of urea groups is 1. The third-order valence-electron chi connectivity index (χ3n) is 7.64. The molecule has 1 aliphatic carbocycles. The van der Waals surface area contributed by atoms with Crippen molar-refractivity contribution in [3.05, 3.63) is 91.5 Å². The number of amides is 2. The highest BCUT2D eigenvalue weighted by atomic mass is 19.1. The average molecular weight is 570 g/mol. The van der Waals surface area contributed by atoms with E-state index in [2.05, 4.69) is 20.8 Å². The highest BCUT2D eigenvalue weighted by Gasteiger charge is 2.31. The molecule has 14 heteroatoms. The van der Waals surface area contributed by atoms with Crippen LogP contribution in [-0.4, -0.2) is 56.3 Å². The first kappa shape index (κ1) is 25.4. The molecule has 1 aliphatic heterocycles. The molecule has 0 radical (unpaired) electrons. The molecule has 3 aromatic heterocycles. The zero-order valence-electron chi connectivity index (χ0n) is 22.8. The summed E-state index contributed by atoms with van der Waals surface area (Å²) in [4.78, 5) is 41.9. The van der Waals surface area contributed by atoms with Crippen molar-refractivity contribution in [3.63, 3.8) is 0 Å². The van der Waals surface area contributed by atoms with Crippen molar-refractivity contribution in [3.8, 4) is 17.4 Å². The van der Waals surface area contributed by atoms with E-state index in [4.69, 9.17) is 9.84 Å². The van der Waals surface area contributed by atoms with E-state index in [0.29, 0.717) is 29.1 Å². The van der Waals surface area contributed by atoms with E-state index in [9.17, 15) is 14.4 Å². The van der Waals surface area contributed by atoms with Gasteiger partial charge in [0, 0.05) is 31.4 Å². The maximum atomic E-state index is 15.0. The van der Waals surface area contributed by atoms with Crippen LogP contribution in [0.2, 0.25) is 0 Å². The number of hydrogen-bond donors (Lipinski definition) is 2. The van der Waals surface area contributed by atoms with E-state index < -0.39 is 17.1 Å². The molecule has 212 valence electrons. The number of nitrogens with zero attached hydrogens (tertiary/aromatic N) is 7. The van der Waals surface area contributed by atoms with Crippen LogP contribution in [0.4, 0.5) is 20.6 Å². The molecular formula is C28H24FN9O4. The Kier molecular flexibility index (Phi) is 5.61. The summed E-state index contributed by atoms with van der Waals surface area (Å²) in [7, 11) is 4.81. The van der Waals surface area contributed by atoms with Crippen LogP contribution < -0.4 is 31.5 Å². The van der Waals surface area contributed by atoms with Gasteiger partial charge in [0.15, 0.2) is 11.5 Å². The minimum absolute atomic E-state index is 0.000184. The Morgan fingerprint density at radius 2 is 1.93 bits per heavy atom. The van der Waals surface area contributed by atoms with Gasteiger partial charge >= 0.3 is 11.7 Å². The third kappa shape index (κ3) is 3.83. The van der Waals surface area contributed by atoms with Crippen LogP contribution in [0.1, 0.15) is 22.4 Å². The summed E-state index contributed by atoms with van der Waals surface area (Å²) in [5.41, 5.74) is 3.55. The molecular weight excluding hydrogens is 545 g/mol. The van der Waals surface area contributed by atoms with Crippen LogP contribution in [0.15, 0.2) is 52.1 Å². The van der Waals surface area contributed by atoms with Gasteiger partial charge in [-0.2, -0.15) is 0 Å². The fourth-order valence-corrected chi connectivity index (χ4v) is 5.43. The second kappa shape index (κ2) is 9.26. The standard InChI is InChI=1S/C28H24FN9O4/c1-30-27(40)31-15-5-7-19-20(11-15)35(2)13-21-24-25(34-38(19)21)36(12-17-16-10-14(16)4-6-18(17)29)28(41)37(26(24)39)22-8-9-23(42-3)33-32-22/h4-9,11H,10,12-13H2,1-3H3,(H2,30,31,40). The van der Waals surface area contributed by atoms with Crippen LogP contribution >= 0.6 is 0 Å². The number of benzene rings is 2. The van der Waals surface area contributed by atoms with Crippen molar-refractivity contribution in [1.29, 1.82) is 0 Å². The summed E-state index contributed by atoms with van der Waals surface area (Å²) in [6, 6.07) is 11.0. The number of carbonyl (C=O) groups excluding carboxylic acids is 1. The van der Waals surface area contributed by atoms with Gasteiger partial charge in [0.25, 0.3) is 5.56 Å². The smallest absolute Gasteiger partial charge is 0.338 e. The summed E-state index contributed by atoms with van der Waals surface area (Å²) in [5, 5.41) is 18.2. The molecule has 4 heterocycles. The first-order chi connectivity index (χ1) is 20.3. The number of carbonyl (C=O) groups is 1. The zero-order chi connectivity index (χ0) is 29.3. The Morgan fingerprint density at radius 3 is 2.67 bits per heavy atom. The van der Waals surface area contributed by atoms with Crippen LogP contribution in [-0.2, 0) is 19.5 Å². The van der Waals surface area contributed by atoms with Gasteiger partial charge in [-0.1, -0.05) is 6.07 Å². The Labute approximate surface area is 236 Å². The number of aromatic nitrogens is 6. The van der Waals surface area contributed by atoms with Gasteiger partial charge in [-0.25, -0.2) is 23.2 Å². The number of anilines is 2. The maximum absolute atomic E-state index is 15.0. The van der Waals surface area contributed by atoms with Gasteiger partial charge in [0.1, 0.15) is 11.2 Å². The van der Waals surface area contributed by atoms with Crippen molar-refractivity contribution >= 4 is 28.4 Å². The average Bonchev–Trinajstić information content (AvgIpc) is 3.69. The normalized spacial score (nSPS) is 12.9. The summed E-state index contributed by atoms with van der Waals surface area (Å²) in [5.74, 6) is -0.215. The fraction of sp³-hybridized carbons (Fsp3) is 0.214. The molecule has 0 atom stereocenters. The van der Waals surface area contributed by atoms with Crippen molar-refractivity contribution in [1.82, 2.24) is 34.4 Å². The predicted molar refractivity (Wildman–Crippen MR) is 152 cm³/mol. The quantitative estimate of drug-likeness (QED) is 0.321. The zero-order valence-corrected chi connectivity index (χ0v) is 22.8. The third-order valence-corrected chi connectivity index (χ3v) is 7.64. The highest BCUT2D eigenvalue weighted by Crippen LogP contribution is 2.36. The molecule has 42 heavy (non-hydrogen) atoms. The second-order valence-electron chi connectivity index (χ2n) is 10.1. The number of methoxy groups -OCH3 is 1. The van der Waals surface area contributed by atoms with Crippen molar-refractivity contribution < 1.29 is 13.9 Å². The summed E-state index contributed by atoms with van der Waals surface area (Å²) in [6.07, 6.45) is 0.644. The van der Waals surface area contributed by atoms with E-state index in [-0.39, 0.29) is 41.9 Å². The molecule has 2 amide bonds. The largest absolute Gasteiger partial charge is 0.480 e. The fourth-order valence-electron chi connectivity index (χ4n) is 5.43. The molecule has 2 aliphatic rings. The Balaban J connectivity index is 1.48. The lowest BCUT2D eigenvalue weighted by atomic mass is 10.1. The lowest BCUT2D eigenvalue weighted by molar-refractivity contribution is 0.254. The van der Waals surface area contributed by atoms with E-state index in [1.807, 2.05) is 11.9 Å². The molecule has 7 rings (SSSR count). The van der Waals surface area contributed by atoms with Gasteiger partial charge in [0.05, 0.1) is 37.3 Å². The van der Waals surface area contributed by atoms with Crippen molar-refractivity contribution in [2.45, 2.75) is 19.5 Å². The number of nitrogens with one attached hydrogen (secondary N) is 2. The van der Waals surface area contributed by atoms with Gasteiger partial charge in [-0.05, 0) is 47.9 Å². The monoisotopic (exact) mass is 569 g/mol. The van der Waals surface area contributed by atoms with E-state index in [0.717, 1.165) is 21.4 Å². The number of rotatable bonds is 5. The number of halogens is 1. The molecule has 2 aromatic carbocycles. The molecule has 0 saturated carbocycles. The van der Waals surface area contributed by atoms with Gasteiger partial charge < -0.3 is 20.3 Å². The van der Waals surface area contributed by atoms with E-state index in [1.165, 1.54) is 36.9 Å². The lowest BCUT2D eigenvalue weighted by Gasteiger charge is -2.28. The van der Waals surface area contributed by atoms with Crippen molar-refractivity contribution in [2.75, 3.05) is 31.4 Å². The van der Waals surface area contributed by atoms with E-state index >= 15 is 4.39 Å². The SMILES string of the molecule is CNC(=O)Nc1ccc2c(c1)N(C)Cc1c3c(=O)n(-c4ccc(OC)nn4)c(=O)n(Cc4c(F)ccc5c4C5)c3nn1-2. The van der Waals surface area contributed by atoms with Gasteiger partial charge in [0.2, 0.25) is 5.88 Å². The summed E-state index contributed by atoms with van der Waals surface area (Å²) in [6.45, 7) is 0.145. The van der Waals surface area contributed by atoms with Crippen molar-refractivity contribution in [2.24, 2.45) is 0 Å². The summed E-state index contributed by atoms with van der Waals surface area (Å²) >= 11 is 0. The van der Waals surface area contributed by atoms with Crippen LogP contribution in [0.5, 0.6) is 5.88 Å². The number of fused-ring (bicyclic) bond motifs is 6. The van der Waals surface area contributed by atoms with Crippen LogP contribution in [0, 0.1) is 5.82 Å². The first-order valence-electron chi connectivity index (χ1n) is 13.1. The molecule has 0 spiro atoms. The van der Waals surface area contributed by atoms with Gasteiger partial charge in [-0.3, -0.25) is 9.36 Å².